The lowest BCUT2D eigenvalue weighted by Gasteiger charge is -1.92. The lowest BCUT2D eigenvalue weighted by molar-refractivity contribution is -0.131. The van der Waals surface area contributed by atoms with Crippen LogP contribution in [0, 0.1) is 0 Å². The van der Waals surface area contributed by atoms with Crippen LogP contribution in [0.3, 0.4) is 0 Å². The van der Waals surface area contributed by atoms with Gasteiger partial charge in [0.2, 0.25) is 0 Å². The van der Waals surface area contributed by atoms with Crippen molar-refractivity contribution in [3.05, 3.63) is 48.1 Å². The molecule has 3 heteroatoms. The fraction of sp³-hybridized carbons (Fsp3) is 0. The summed E-state index contributed by atoms with van der Waals surface area (Å²) in [5.74, 6) is -0.761. The quantitative estimate of drug-likeness (QED) is 0.566. The monoisotopic (exact) mass is 190 g/mol. The predicted octanol–water partition coefficient (Wildman–Crippen LogP) is 2.05. The van der Waals surface area contributed by atoms with E-state index in [0.29, 0.717) is 0 Å². The number of allylic oxidation sites excluding steroid dienone is 2. The minimum Gasteiger partial charge on any atom is -0.508 e. The Kier molecular flexibility index (Phi) is 3.49. The first-order valence-electron chi connectivity index (χ1n) is 4.05. The Morgan fingerprint density at radius 1 is 1.14 bits per heavy atom. The number of aliphatic carboxylic acids is 1. The van der Waals surface area contributed by atoms with Crippen molar-refractivity contribution in [2.24, 2.45) is 0 Å². The smallest absolute Gasteiger partial charge is 0.328 e. The van der Waals surface area contributed by atoms with E-state index in [-0.39, 0.29) is 5.75 Å². The van der Waals surface area contributed by atoms with Crippen LogP contribution < -0.4 is 0 Å². The fourth-order valence-corrected chi connectivity index (χ4v) is 0.890. The molecule has 0 aliphatic carbocycles. The summed E-state index contributed by atoms with van der Waals surface area (Å²) in [5, 5.41) is 17.3. The van der Waals surface area contributed by atoms with Crippen LogP contribution in [-0.2, 0) is 4.79 Å². The number of carbonyl (C=O) groups is 1. The van der Waals surface area contributed by atoms with Gasteiger partial charge in [-0.05, 0) is 17.7 Å². The van der Waals surface area contributed by atoms with Gasteiger partial charge in [-0.15, -0.1) is 0 Å². The highest BCUT2D eigenvalue weighted by Crippen LogP contribution is 2.10. The number of carboxylic acids is 1. The van der Waals surface area contributed by atoms with Gasteiger partial charge in [0.25, 0.3) is 0 Å². The molecule has 0 fully saturated rings. The van der Waals surface area contributed by atoms with Crippen LogP contribution in [0.2, 0.25) is 0 Å². The lowest BCUT2D eigenvalue weighted by atomic mass is 10.2. The predicted molar refractivity (Wildman–Crippen MR) is 53.9 cm³/mol. The Morgan fingerprint density at radius 3 is 2.36 bits per heavy atom. The number of rotatable bonds is 3. The third kappa shape index (κ3) is 3.58. The fourth-order valence-electron chi connectivity index (χ4n) is 0.890. The van der Waals surface area contributed by atoms with Crippen molar-refractivity contribution in [2.45, 2.75) is 0 Å². The average molecular weight is 190 g/mol. The summed E-state index contributed by atoms with van der Waals surface area (Å²) in [4.78, 5) is 10.1. The minimum atomic E-state index is -0.972. The number of aromatic hydroxyl groups is 1. The van der Waals surface area contributed by atoms with Crippen molar-refractivity contribution in [2.75, 3.05) is 0 Å². The van der Waals surface area contributed by atoms with E-state index >= 15 is 0 Å². The standard InChI is InChI=1S/C11H10O3/c12-10-7-5-9(6-8-10)3-1-2-4-11(13)14/h1-8,12H,(H,13,14)/b3-1+,4-2+. The number of hydrogen-bond acceptors (Lipinski definition) is 2. The molecule has 0 aromatic heterocycles. The van der Waals surface area contributed by atoms with Crippen molar-refractivity contribution < 1.29 is 15.0 Å². The van der Waals surface area contributed by atoms with E-state index in [1.54, 1.807) is 36.4 Å². The maximum atomic E-state index is 10.1. The molecule has 72 valence electrons. The molecule has 0 saturated heterocycles. The summed E-state index contributed by atoms with van der Waals surface area (Å²) in [6.45, 7) is 0. The Bertz CT molecular complexity index is 361. The molecule has 0 radical (unpaired) electrons. The van der Waals surface area contributed by atoms with E-state index in [0.717, 1.165) is 11.6 Å². The highest BCUT2D eigenvalue weighted by atomic mass is 16.4. The zero-order chi connectivity index (χ0) is 10.4. The highest BCUT2D eigenvalue weighted by Gasteiger charge is 1.86. The molecule has 1 rings (SSSR count). The Labute approximate surface area is 81.6 Å². The zero-order valence-electron chi connectivity index (χ0n) is 7.42. The minimum absolute atomic E-state index is 0.211. The molecule has 0 aliphatic rings. The van der Waals surface area contributed by atoms with Gasteiger partial charge < -0.3 is 10.2 Å². The number of phenols is 1. The van der Waals surface area contributed by atoms with Crippen LogP contribution in [0.25, 0.3) is 6.08 Å². The van der Waals surface area contributed by atoms with Crippen LogP contribution in [0.1, 0.15) is 5.56 Å². The van der Waals surface area contributed by atoms with Crippen LogP contribution in [0.15, 0.2) is 42.5 Å². The van der Waals surface area contributed by atoms with Gasteiger partial charge >= 0.3 is 5.97 Å². The van der Waals surface area contributed by atoms with E-state index in [2.05, 4.69) is 0 Å². The molecular formula is C11H10O3. The Balaban J connectivity index is 2.60. The molecule has 0 amide bonds. The topological polar surface area (TPSA) is 57.5 Å². The molecule has 1 aromatic rings. The Morgan fingerprint density at radius 2 is 1.79 bits per heavy atom. The number of carboxylic acid groups (broad SMARTS) is 1. The van der Waals surface area contributed by atoms with E-state index < -0.39 is 5.97 Å². The normalized spacial score (nSPS) is 11.1. The summed E-state index contributed by atoms with van der Waals surface area (Å²) in [6, 6.07) is 6.61. The molecule has 0 saturated carbocycles. The van der Waals surface area contributed by atoms with Gasteiger partial charge in [-0.3, -0.25) is 0 Å². The molecule has 0 aliphatic heterocycles. The van der Waals surface area contributed by atoms with E-state index in [1.807, 2.05) is 0 Å². The van der Waals surface area contributed by atoms with Crippen LogP contribution in [0.5, 0.6) is 5.75 Å². The second-order valence-corrected chi connectivity index (χ2v) is 2.65. The maximum Gasteiger partial charge on any atom is 0.328 e. The second-order valence-electron chi connectivity index (χ2n) is 2.65. The van der Waals surface area contributed by atoms with E-state index in [9.17, 15) is 4.79 Å². The first kappa shape index (κ1) is 10.1. The second kappa shape index (κ2) is 4.87. The summed E-state index contributed by atoms with van der Waals surface area (Å²) < 4.78 is 0. The number of benzene rings is 1. The van der Waals surface area contributed by atoms with Gasteiger partial charge in [-0.2, -0.15) is 0 Å². The summed E-state index contributed by atoms with van der Waals surface area (Å²) in [7, 11) is 0. The molecule has 3 nitrogen and oxygen atoms in total. The SMILES string of the molecule is O=C(O)/C=C/C=C/c1ccc(O)cc1. The van der Waals surface area contributed by atoms with E-state index in [4.69, 9.17) is 10.2 Å². The maximum absolute atomic E-state index is 10.1. The molecular weight excluding hydrogens is 180 g/mol. The number of phenolic OH excluding ortho intramolecular Hbond substituents is 1. The molecule has 1 aromatic carbocycles. The van der Waals surface area contributed by atoms with Gasteiger partial charge in [-0.25, -0.2) is 4.79 Å². The Hall–Kier alpha value is -2.03. The van der Waals surface area contributed by atoms with Crippen molar-refractivity contribution in [1.29, 1.82) is 0 Å². The first-order valence-corrected chi connectivity index (χ1v) is 4.05. The van der Waals surface area contributed by atoms with Gasteiger partial charge in [0.05, 0.1) is 0 Å². The molecule has 0 heterocycles. The molecule has 0 atom stereocenters. The molecule has 14 heavy (non-hydrogen) atoms. The number of hydrogen-bond donors (Lipinski definition) is 2. The first-order chi connectivity index (χ1) is 6.68. The van der Waals surface area contributed by atoms with Gasteiger partial charge in [0.15, 0.2) is 0 Å². The zero-order valence-corrected chi connectivity index (χ0v) is 7.42. The summed E-state index contributed by atoms with van der Waals surface area (Å²) in [6.07, 6.45) is 5.87. The third-order valence-corrected chi connectivity index (χ3v) is 1.53. The molecule has 2 N–H and O–H groups in total. The lowest BCUT2D eigenvalue weighted by Crippen LogP contribution is -1.84. The van der Waals surface area contributed by atoms with E-state index in [1.165, 1.54) is 6.08 Å². The average Bonchev–Trinajstić information content (AvgIpc) is 2.15. The van der Waals surface area contributed by atoms with Crippen molar-refractivity contribution >= 4 is 12.0 Å². The highest BCUT2D eigenvalue weighted by molar-refractivity contribution is 5.80. The van der Waals surface area contributed by atoms with Crippen molar-refractivity contribution in [1.82, 2.24) is 0 Å². The van der Waals surface area contributed by atoms with Crippen LogP contribution in [-0.4, -0.2) is 16.2 Å². The third-order valence-electron chi connectivity index (χ3n) is 1.53. The largest absolute Gasteiger partial charge is 0.508 e. The van der Waals surface area contributed by atoms with Crippen LogP contribution >= 0.6 is 0 Å². The van der Waals surface area contributed by atoms with Crippen LogP contribution in [0.4, 0.5) is 0 Å². The molecule has 0 spiro atoms. The van der Waals surface area contributed by atoms with Gasteiger partial charge in [0.1, 0.15) is 5.75 Å². The van der Waals surface area contributed by atoms with Crippen molar-refractivity contribution in [3.8, 4) is 5.75 Å². The van der Waals surface area contributed by atoms with Gasteiger partial charge in [0, 0.05) is 6.08 Å². The van der Waals surface area contributed by atoms with Gasteiger partial charge in [-0.1, -0.05) is 30.4 Å². The van der Waals surface area contributed by atoms with Crippen molar-refractivity contribution in [3.63, 3.8) is 0 Å². The summed E-state index contributed by atoms with van der Waals surface area (Å²) in [5.41, 5.74) is 0.901. The molecule has 0 bridgehead atoms. The molecule has 0 unspecified atom stereocenters. The summed E-state index contributed by atoms with van der Waals surface area (Å²) >= 11 is 0.